The van der Waals surface area contributed by atoms with Crippen LogP contribution in [0.15, 0.2) is 30.3 Å². The van der Waals surface area contributed by atoms with Gasteiger partial charge in [-0.15, -0.1) is 0 Å². The molecule has 0 aliphatic heterocycles. The molecule has 0 heterocycles. The van der Waals surface area contributed by atoms with Gasteiger partial charge in [-0.1, -0.05) is 18.2 Å². The third-order valence-corrected chi connectivity index (χ3v) is 4.00. The van der Waals surface area contributed by atoms with E-state index in [1.807, 2.05) is 30.3 Å². The molecule has 1 aliphatic carbocycles. The van der Waals surface area contributed by atoms with Crippen molar-refractivity contribution in [2.24, 2.45) is 5.41 Å². The predicted octanol–water partition coefficient (Wildman–Crippen LogP) is 2.79. The molecule has 4 heteroatoms. The van der Waals surface area contributed by atoms with E-state index in [4.69, 9.17) is 4.74 Å². The van der Waals surface area contributed by atoms with Crippen LogP contribution in [0.1, 0.15) is 33.1 Å². The first-order chi connectivity index (χ1) is 9.58. The number of carbonyl (C=O) groups excluding carboxylic acids is 2. The van der Waals surface area contributed by atoms with Crippen molar-refractivity contribution in [3.8, 4) is 0 Å². The zero-order valence-electron chi connectivity index (χ0n) is 12.0. The summed E-state index contributed by atoms with van der Waals surface area (Å²) >= 11 is 0. The highest BCUT2D eigenvalue weighted by Crippen LogP contribution is 2.41. The van der Waals surface area contributed by atoms with Crippen LogP contribution in [0.2, 0.25) is 0 Å². The van der Waals surface area contributed by atoms with Crippen molar-refractivity contribution in [2.45, 2.75) is 39.2 Å². The smallest absolute Gasteiger partial charge is 0.319 e. The molecule has 2 rings (SSSR count). The lowest BCUT2D eigenvalue weighted by Crippen LogP contribution is -2.38. The van der Waals surface area contributed by atoms with Gasteiger partial charge in [0.25, 0.3) is 0 Å². The Morgan fingerprint density at radius 2 is 2.05 bits per heavy atom. The number of hydrogen-bond acceptors (Lipinski definition) is 4. The van der Waals surface area contributed by atoms with E-state index in [0.29, 0.717) is 19.4 Å². The standard InChI is InChI=1S/C16H21NO3/c1-3-20-15(19)16(12(2)18)10-9-14(11-16)17-13-7-5-4-6-8-13/h4-8,14,17H,3,9-11H2,1-2H3/t14-,16-/m1/s1. The van der Waals surface area contributed by atoms with Crippen LogP contribution in [-0.2, 0) is 14.3 Å². The van der Waals surface area contributed by atoms with Gasteiger partial charge in [0.05, 0.1) is 6.61 Å². The second kappa shape index (κ2) is 6.07. The van der Waals surface area contributed by atoms with Gasteiger partial charge in [0, 0.05) is 11.7 Å². The molecule has 1 fully saturated rings. The minimum atomic E-state index is -0.956. The van der Waals surface area contributed by atoms with Crippen LogP contribution in [0.4, 0.5) is 5.69 Å². The number of ketones is 1. The Morgan fingerprint density at radius 1 is 1.35 bits per heavy atom. The molecule has 108 valence electrons. The predicted molar refractivity (Wildman–Crippen MR) is 77.5 cm³/mol. The Morgan fingerprint density at radius 3 is 2.65 bits per heavy atom. The molecule has 2 atom stereocenters. The number of nitrogens with one attached hydrogen (secondary N) is 1. The average molecular weight is 275 g/mol. The largest absolute Gasteiger partial charge is 0.465 e. The summed E-state index contributed by atoms with van der Waals surface area (Å²) in [4.78, 5) is 24.1. The molecular formula is C16H21NO3. The number of benzene rings is 1. The molecule has 0 saturated heterocycles. The first-order valence-electron chi connectivity index (χ1n) is 7.08. The summed E-state index contributed by atoms with van der Waals surface area (Å²) in [6, 6.07) is 9.97. The summed E-state index contributed by atoms with van der Waals surface area (Å²) in [7, 11) is 0. The fraction of sp³-hybridized carbons (Fsp3) is 0.500. The minimum Gasteiger partial charge on any atom is -0.465 e. The number of anilines is 1. The number of hydrogen-bond donors (Lipinski definition) is 1. The summed E-state index contributed by atoms with van der Waals surface area (Å²) in [5.41, 5.74) is 0.0587. The van der Waals surface area contributed by atoms with Gasteiger partial charge in [0.1, 0.15) is 11.2 Å². The molecule has 1 N–H and O–H groups in total. The van der Waals surface area contributed by atoms with Crippen molar-refractivity contribution in [1.29, 1.82) is 0 Å². The Kier molecular flexibility index (Phi) is 4.42. The van der Waals surface area contributed by atoms with Gasteiger partial charge < -0.3 is 10.1 Å². The molecule has 20 heavy (non-hydrogen) atoms. The Labute approximate surface area is 119 Å². The van der Waals surface area contributed by atoms with Crippen LogP contribution in [0, 0.1) is 5.41 Å². The van der Waals surface area contributed by atoms with Crippen LogP contribution in [0.5, 0.6) is 0 Å². The number of para-hydroxylation sites is 1. The molecule has 0 aromatic heterocycles. The summed E-state index contributed by atoms with van der Waals surface area (Å²) < 4.78 is 5.10. The lowest BCUT2D eigenvalue weighted by Gasteiger charge is -2.24. The quantitative estimate of drug-likeness (QED) is 0.663. The maximum absolute atomic E-state index is 12.1. The SMILES string of the molecule is CCOC(=O)[C@]1(C(C)=O)CC[C@@H](Nc2ccccc2)C1. The summed E-state index contributed by atoms with van der Waals surface area (Å²) in [6.07, 6.45) is 1.87. The molecule has 0 amide bonds. The topological polar surface area (TPSA) is 55.4 Å². The van der Waals surface area contributed by atoms with E-state index in [2.05, 4.69) is 5.32 Å². The highest BCUT2D eigenvalue weighted by Gasteiger charge is 2.50. The van der Waals surface area contributed by atoms with E-state index >= 15 is 0 Å². The van der Waals surface area contributed by atoms with Crippen molar-refractivity contribution in [3.63, 3.8) is 0 Å². The van der Waals surface area contributed by atoms with Gasteiger partial charge in [-0.05, 0) is 45.2 Å². The van der Waals surface area contributed by atoms with Gasteiger partial charge in [0.2, 0.25) is 0 Å². The van der Waals surface area contributed by atoms with Gasteiger partial charge in [0.15, 0.2) is 0 Å². The first-order valence-corrected chi connectivity index (χ1v) is 7.08. The molecule has 0 radical (unpaired) electrons. The van der Waals surface area contributed by atoms with E-state index in [1.54, 1.807) is 6.92 Å². The maximum Gasteiger partial charge on any atom is 0.319 e. The van der Waals surface area contributed by atoms with Crippen LogP contribution >= 0.6 is 0 Å². The fourth-order valence-electron chi connectivity index (χ4n) is 2.86. The molecule has 4 nitrogen and oxygen atoms in total. The van der Waals surface area contributed by atoms with E-state index in [0.717, 1.165) is 12.1 Å². The van der Waals surface area contributed by atoms with Gasteiger partial charge in [-0.3, -0.25) is 9.59 Å². The second-order valence-corrected chi connectivity index (χ2v) is 5.31. The molecule has 0 bridgehead atoms. The van der Waals surface area contributed by atoms with E-state index < -0.39 is 5.41 Å². The first kappa shape index (κ1) is 14.6. The Hall–Kier alpha value is -1.84. The zero-order valence-corrected chi connectivity index (χ0v) is 12.0. The number of ether oxygens (including phenoxy) is 1. The van der Waals surface area contributed by atoms with E-state index in [9.17, 15) is 9.59 Å². The number of carbonyl (C=O) groups is 2. The van der Waals surface area contributed by atoms with Crippen molar-refractivity contribution in [1.82, 2.24) is 0 Å². The van der Waals surface area contributed by atoms with Crippen LogP contribution in [0.25, 0.3) is 0 Å². The van der Waals surface area contributed by atoms with Gasteiger partial charge in [-0.25, -0.2) is 0 Å². The number of rotatable bonds is 5. The lowest BCUT2D eigenvalue weighted by atomic mass is 9.82. The van der Waals surface area contributed by atoms with E-state index in [1.165, 1.54) is 6.92 Å². The van der Waals surface area contributed by atoms with Gasteiger partial charge >= 0.3 is 5.97 Å². The van der Waals surface area contributed by atoms with E-state index in [-0.39, 0.29) is 17.8 Å². The summed E-state index contributed by atoms with van der Waals surface area (Å²) in [6.45, 7) is 3.56. The fourth-order valence-corrected chi connectivity index (χ4v) is 2.86. The molecule has 1 aliphatic rings. The maximum atomic E-state index is 12.1. The normalized spacial score (nSPS) is 25.2. The third kappa shape index (κ3) is 2.84. The van der Waals surface area contributed by atoms with Crippen molar-refractivity contribution >= 4 is 17.4 Å². The molecule has 1 saturated carbocycles. The average Bonchev–Trinajstić information content (AvgIpc) is 2.85. The van der Waals surface area contributed by atoms with Crippen LogP contribution in [-0.4, -0.2) is 24.4 Å². The Bertz CT molecular complexity index is 486. The zero-order chi connectivity index (χ0) is 14.6. The minimum absolute atomic E-state index is 0.0895. The summed E-state index contributed by atoms with van der Waals surface area (Å²) in [5, 5.41) is 3.39. The van der Waals surface area contributed by atoms with Crippen molar-refractivity contribution < 1.29 is 14.3 Å². The molecule has 0 spiro atoms. The third-order valence-electron chi connectivity index (χ3n) is 4.00. The molecule has 1 aromatic rings. The van der Waals surface area contributed by atoms with Gasteiger partial charge in [-0.2, -0.15) is 0 Å². The van der Waals surface area contributed by atoms with Crippen LogP contribution in [0.3, 0.4) is 0 Å². The number of Topliss-reactive ketones (excluding diaryl/α,β-unsaturated/α-hetero) is 1. The molecule has 0 unspecified atom stereocenters. The lowest BCUT2D eigenvalue weighted by molar-refractivity contribution is -0.159. The highest BCUT2D eigenvalue weighted by atomic mass is 16.5. The Balaban J connectivity index is 2.08. The number of esters is 1. The second-order valence-electron chi connectivity index (χ2n) is 5.31. The molecular weight excluding hydrogens is 254 g/mol. The summed E-state index contributed by atoms with van der Waals surface area (Å²) in [5.74, 6) is -0.460. The van der Waals surface area contributed by atoms with Crippen molar-refractivity contribution in [2.75, 3.05) is 11.9 Å². The highest BCUT2D eigenvalue weighted by molar-refractivity contribution is 6.03. The van der Waals surface area contributed by atoms with Crippen LogP contribution < -0.4 is 5.32 Å². The molecule has 1 aromatic carbocycles. The monoisotopic (exact) mass is 275 g/mol. The van der Waals surface area contributed by atoms with Crippen molar-refractivity contribution in [3.05, 3.63) is 30.3 Å².